The van der Waals surface area contributed by atoms with Crippen molar-refractivity contribution >= 4 is 11.6 Å². The minimum absolute atomic E-state index is 0.0671. The van der Waals surface area contributed by atoms with Gasteiger partial charge in [0.1, 0.15) is 0 Å². The van der Waals surface area contributed by atoms with Gasteiger partial charge in [-0.2, -0.15) is 0 Å². The molecule has 20 heavy (non-hydrogen) atoms. The molecule has 0 saturated carbocycles. The van der Waals surface area contributed by atoms with Gasteiger partial charge in [-0.15, -0.1) is 0 Å². The highest BCUT2D eigenvalue weighted by atomic mass is 16.1. The van der Waals surface area contributed by atoms with Crippen LogP contribution in [0.4, 0.5) is 5.69 Å². The van der Waals surface area contributed by atoms with Crippen LogP contribution >= 0.6 is 0 Å². The molecule has 104 valence electrons. The summed E-state index contributed by atoms with van der Waals surface area (Å²) in [6.07, 6.45) is 0. The predicted molar refractivity (Wildman–Crippen MR) is 83.0 cm³/mol. The van der Waals surface area contributed by atoms with E-state index in [1.165, 1.54) is 5.56 Å². The van der Waals surface area contributed by atoms with Crippen molar-refractivity contribution in [3.63, 3.8) is 0 Å². The lowest BCUT2D eigenvalue weighted by atomic mass is 10.1. The van der Waals surface area contributed by atoms with Crippen LogP contribution in [0.5, 0.6) is 0 Å². The largest absolute Gasteiger partial charge is 0.322 e. The second kappa shape index (κ2) is 6.87. The Morgan fingerprint density at radius 1 is 1.05 bits per heavy atom. The number of aryl methyl sites for hydroxylation is 1. The van der Waals surface area contributed by atoms with Crippen LogP contribution in [0.1, 0.15) is 28.4 Å². The van der Waals surface area contributed by atoms with Crippen molar-refractivity contribution in [2.45, 2.75) is 20.4 Å². The van der Waals surface area contributed by atoms with Gasteiger partial charge in [0.2, 0.25) is 0 Å². The van der Waals surface area contributed by atoms with Crippen molar-refractivity contribution in [1.29, 1.82) is 0 Å². The van der Waals surface area contributed by atoms with Gasteiger partial charge in [0.25, 0.3) is 5.91 Å². The van der Waals surface area contributed by atoms with E-state index in [0.29, 0.717) is 5.56 Å². The monoisotopic (exact) mass is 268 g/mol. The topological polar surface area (TPSA) is 41.1 Å². The Morgan fingerprint density at radius 2 is 1.75 bits per heavy atom. The molecule has 0 atom stereocenters. The first kappa shape index (κ1) is 14.3. The molecule has 2 N–H and O–H groups in total. The van der Waals surface area contributed by atoms with E-state index in [0.717, 1.165) is 24.3 Å². The lowest BCUT2D eigenvalue weighted by Crippen LogP contribution is -2.14. The van der Waals surface area contributed by atoms with Gasteiger partial charge < -0.3 is 10.6 Å². The molecule has 2 aromatic carbocycles. The van der Waals surface area contributed by atoms with Crippen molar-refractivity contribution in [2.75, 3.05) is 11.9 Å². The maximum atomic E-state index is 12.2. The third kappa shape index (κ3) is 3.68. The molecule has 0 fully saturated rings. The van der Waals surface area contributed by atoms with Gasteiger partial charge in [0, 0.05) is 17.8 Å². The van der Waals surface area contributed by atoms with E-state index >= 15 is 0 Å². The first-order valence-corrected chi connectivity index (χ1v) is 6.87. The number of carbonyl (C=O) groups is 1. The first-order chi connectivity index (χ1) is 9.70. The fourth-order valence-corrected chi connectivity index (χ4v) is 2.00. The summed E-state index contributed by atoms with van der Waals surface area (Å²) in [7, 11) is 0. The summed E-state index contributed by atoms with van der Waals surface area (Å²) < 4.78 is 0. The predicted octanol–water partition coefficient (Wildman–Crippen LogP) is 3.36. The maximum absolute atomic E-state index is 12.2. The zero-order chi connectivity index (χ0) is 14.4. The number of hydrogen-bond acceptors (Lipinski definition) is 2. The lowest BCUT2D eigenvalue weighted by molar-refractivity contribution is 0.102. The van der Waals surface area contributed by atoms with Crippen LogP contribution < -0.4 is 10.6 Å². The molecular weight excluding hydrogens is 248 g/mol. The van der Waals surface area contributed by atoms with Crippen molar-refractivity contribution < 1.29 is 4.79 Å². The van der Waals surface area contributed by atoms with Gasteiger partial charge in [0.15, 0.2) is 0 Å². The Kier molecular flexibility index (Phi) is 4.91. The quantitative estimate of drug-likeness (QED) is 0.873. The molecule has 1 amide bonds. The zero-order valence-corrected chi connectivity index (χ0v) is 11.9. The normalized spacial score (nSPS) is 10.3. The second-order valence-electron chi connectivity index (χ2n) is 4.75. The van der Waals surface area contributed by atoms with E-state index in [4.69, 9.17) is 0 Å². The smallest absolute Gasteiger partial charge is 0.255 e. The minimum atomic E-state index is -0.0671. The van der Waals surface area contributed by atoms with E-state index in [1.54, 1.807) is 0 Å². The maximum Gasteiger partial charge on any atom is 0.255 e. The fourth-order valence-electron chi connectivity index (χ4n) is 2.00. The number of nitrogens with one attached hydrogen (secondary N) is 2. The minimum Gasteiger partial charge on any atom is -0.322 e. The molecule has 0 radical (unpaired) electrons. The van der Waals surface area contributed by atoms with Crippen LogP contribution in [0.2, 0.25) is 0 Å². The van der Waals surface area contributed by atoms with Crippen LogP contribution in [0.25, 0.3) is 0 Å². The molecule has 0 heterocycles. The summed E-state index contributed by atoms with van der Waals surface area (Å²) in [5.41, 5.74) is 3.72. The molecule has 0 spiro atoms. The SMILES string of the molecule is CCNCc1ccc(NC(=O)c2ccccc2C)cc1. The molecule has 0 saturated heterocycles. The molecule has 0 aliphatic rings. The van der Waals surface area contributed by atoms with Crippen LogP contribution in [0.3, 0.4) is 0 Å². The van der Waals surface area contributed by atoms with Crippen LogP contribution in [0, 0.1) is 6.92 Å². The average molecular weight is 268 g/mol. The highest BCUT2D eigenvalue weighted by Gasteiger charge is 2.08. The van der Waals surface area contributed by atoms with Crippen LogP contribution in [0.15, 0.2) is 48.5 Å². The third-order valence-corrected chi connectivity index (χ3v) is 3.18. The number of anilines is 1. The standard InChI is InChI=1S/C17H20N2O/c1-3-18-12-14-8-10-15(11-9-14)19-17(20)16-7-5-4-6-13(16)2/h4-11,18H,3,12H2,1-2H3,(H,19,20). The fraction of sp³-hybridized carbons (Fsp3) is 0.235. The van der Waals surface area contributed by atoms with Crippen molar-refractivity contribution in [1.82, 2.24) is 5.32 Å². The average Bonchev–Trinajstić information content (AvgIpc) is 2.47. The summed E-state index contributed by atoms with van der Waals surface area (Å²) in [5.74, 6) is -0.0671. The summed E-state index contributed by atoms with van der Waals surface area (Å²) >= 11 is 0. The summed E-state index contributed by atoms with van der Waals surface area (Å²) in [5, 5.41) is 6.19. The molecule has 2 aromatic rings. The number of benzene rings is 2. The van der Waals surface area contributed by atoms with Gasteiger partial charge in [-0.05, 0) is 42.8 Å². The zero-order valence-electron chi connectivity index (χ0n) is 11.9. The molecule has 3 nitrogen and oxygen atoms in total. The first-order valence-electron chi connectivity index (χ1n) is 6.87. The third-order valence-electron chi connectivity index (χ3n) is 3.18. The molecule has 0 aliphatic heterocycles. The van der Waals surface area contributed by atoms with E-state index in [1.807, 2.05) is 55.5 Å². The van der Waals surface area contributed by atoms with Crippen molar-refractivity contribution in [2.24, 2.45) is 0 Å². The van der Waals surface area contributed by atoms with Gasteiger partial charge >= 0.3 is 0 Å². The van der Waals surface area contributed by atoms with E-state index in [-0.39, 0.29) is 5.91 Å². The number of rotatable bonds is 5. The Hall–Kier alpha value is -2.13. The second-order valence-corrected chi connectivity index (χ2v) is 4.75. The van der Waals surface area contributed by atoms with E-state index in [9.17, 15) is 4.79 Å². The lowest BCUT2D eigenvalue weighted by Gasteiger charge is -2.08. The molecule has 0 unspecified atom stereocenters. The van der Waals surface area contributed by atoms with Crippen LogP contribution in [-0.2, 0) is 6.54 Å². The summed E-state index contributed by atoms with van der Waals surface area (Å²) in [6.45, 7) is 5.82. The number of carbonyl (C=O) groups excluding carboxylic acids is 1. The van der Waals surface area contributed by atoms with Gasteiger partial charge in [-0.3, -0.25) is 4.79 Å². The van der Waals surface area contributed by atoms with Crippen LogP contribution in [-0.4, -0.2) is 12.5 Å². The molecule has 0 bridgehead atoms. The molecule has 0 aromatic heterocycles. The number of hydrogen-bond donors (Lipinski definition) is 2. The van der Waals surface area contributed by atoms with E-state index in [2.05, 4.69) is 17.6 Å². The Bertz CT molecular complexity index is 576. The highest BCUT2D eigenvalue weighted by molar-refractivity contribution is 6.05. The molecule has 3 heteroatoms. The molecule has 0 aliphatic carbocycles. The molecular formula is C17H20N2O. The summed E-state index contributed by atoms with van der Waals surface area (Å²) in [4.78, 5) is 12.2. The Labute approximate surface area is 120 Å². The summed E-state index contributed by atoms with van der Waals surface area (Å²) in [6, 6.07) is 15.5. The Balaban J connectivity index is 2.03. The highest BCUT2D eigenvalue weighted by Crippen LogP contribution is 2.13. The Morgan fingerprint density at radius 3 is 2.40 bits per heavy atom. The van der Waals surface area contributed by atoms with Crippen molar-refractivity contribution in [3.8, 4) is 0 Å². The van der Waals surface area contributed by atoms with Crippen molar-refractivity contribution in [3.05, 3.63) is 65.2 Å². The van der Waals surface area contributed by atoms with Gasteiger partial charge in [0.05, 0.1) is 0 Å². The number of amides is 1. The van der Waals surface area contributed by atoms with Gasteiger partial charge in [-0.25, -0.2) is 0 Å². The molecule has 2 rings (SSSR count). The van der Waals surface area contributed by atoms with E-state index < -0.39 is 0 Å². The van der Waals surface area contributed by atoms with Gasteiger partial charge in [-0.1, -0.05) is 37.3 Å².